The van der Waals surface area contributed by atoms with Crippen LogP contribution >= 0.6 is 0 Å². The van der Waals surface area contributed by atoms with Gasteiger partial charge in [-0.2, -0.15) is 0 Å². The fraction of sp³-hybridized carbons (Fsp3) is 0.440. The third-order valence-electron chi connectivity index (χ3n) is 5.79. The van der Waals surface area contributed by atoms with Crippen LogP contribution in [0.4, 0.5) is 4.39 Å². The lowest BCUT2D eigenvalue weighted by Gasteiger charge is -2.37. The van der Waals surface area contributed by atoms with Crippen LogP contribution in [0.2, 0.25) is 0 Å². The molecule has 32 heavy (non-hydrogen) atoms. The zero-order valence-corrected chi connectivity index (χ0v) is 19.2. The molecule has 6 nitrogen and oxygen atoms in total. The molecular weight excluding hydrogens is 409 g/mol. The number of hydrogen-bond donors (Lipinski definition) is 1. The van der Waals surface area contributed by atoms with Gasteiger partial charge in [-0.3, -0.25) is 9.69 Å². The fourth-order valence-electron chi connectivity index (χ4n) is 3.91. The van der Waals surface area contributed by atoms with E-state index in [0.717, 1.165) is 5.56 Å². The van der Waals surface area contributed by atoms with Gasteiger partial charge in [0, 0.05) is 37.3 Å². The number of ether oxygens (including phenoxy) is 1. The number of amides is 1. The predicted octanol–water partition coefficient (Wildman–Crippen LogP) is 3.61. The average Bonchev–Trinajstić information content (AvgIpc) is 2.78. The molecule has 1 aliphatic heterocycles. The van der Waals surface area contributed by atoms with Crippen LogP contribution in [0.3, 0.4) is 0 Å². The summed E-state index contributed by atoms with van der Waals surface area (Å²) in [5, 5.41) is 9.75. The summed E-state index contributed by atoms with van der Waals surface area (Å²) in [7, 11) is 1.92. The van der Waals surface area contributed by atoms with Gasteiger partial charge in [-0.05, 0) is 38.6 Å². The van der Waals surface area contributed by atoms with Gasteiger partial charge in [0.05, 0.1) is 12.6 Å². The summed E-state index contributed by atoms with van der Waals surface area (Å²) in [6, 6.07) is 8.18. The maximum absolute atomic E-state index is 14.1. The summed E-state index contributed by atoms with van der Waals surface area (Å²) < 4.78 is 20.4. The Hall–Kier alpha value is -2.77. The standard InChI is InChI=1S/C25H32FN3O3/c1-5-8-19-11-21-24(27-12-19)32-23(17(2)13-29(25(21)31)18(3)16-30)15-28(4)14-20-9-6-7-10-22(20)26/h5-12,17-18,23,30H,13-16H2,1-4H3/b8-5+/t17-,18-,23-/m0/s1. The zero-order valence-electron chi connectivity index (χ0n) is 19.2. The van der Waals surface area contributed by atoms with Crippen LogP contribution < -0.4 is 4.74 Å². The minimum Gasteiger partial charge on any atom is -0.472 e. The van der Waals surface area contributed by atoms with Gasteiger partial charge < -0.3 is 14.7 Å². The number of aromatic nitrogens is 1. The molecule has 1 aromatic heterocycles. The average molecular weight is 442 g/mol. The molecule has 172 valence electrons. The van der Waals surface area contributed by atoms with Crippen LogP contribution in [0, 0.1) is 11.7 Å². The van der Waals surface area contributed by atoms with Crippen LogP contribution in [0.1, 0.15) is 42.3 Å². The fourth-order valence-corrected chi connectivity index (χ4v) is 3.91. The van der Waals surface area contributed by atoms with Gasteiger partial charge in [-0.25, -0.2) is 9.37 Å². The number of hydrogen-bond acceptors (Lipinski definition) is 5. The quantitative estimate of drug-likeness (QED) is 0.711. The Morgan fingerprint density at radius 1 is 1.41 bits per heavy atom. The number of likely N-dealkylation sites (N-methyl/N-ethyl adjacent to an activating group) is 1. The second-order valence-corrected chi connectivity index (χ2v) is 8.53. The number of aliphatic hydroxyl groups is 1. The van der Waals surface area contributed by atoms with E-state index < -0.39 is 0 Å². The van der Waals surface area contributed by atoms with Crippen LogP contribution in [-0.4, -0.2) is 64.7 Å². The van der Waals surface area contributed by atoms with Gasteiger partial charge in [0.25, 0.3) is 5.91 Å². The smallest absolute Gasteiger partial charge is 0.259 e. The van der Waals surface area contributed by atoms with E-state index in [1.807, 2.05) is 50.9 Å². The molecule has 0 aliphatic carbocycles. The molecule has 1 aliphatic rings. The number of rotatable bonds is 7. The first-order valence-electron chi connectivity index (χ1n) is 11.0. The highest BCUT2D eigenvalue weighted by atomic mass is 19.1. The van der Waals surface area contributed by atoms with Gasteiger partial charge in [-0.1, -0.05) is 37.3 Å². The summed E-state index contributed by atoms with van der Waals surface area (Å²) in [6.07, 6.45) is 5.17. The first kappa shape index (κ1) is 23.9. The van der Waals surface area contributed by atoms with Crippen molar-refractivity contribution in [2.75, 3.05) is 26.7 Å². The molecule has 3 atom stereocenters. The molecule has 1 amide bonds. The van der Waals surface area contributed by atoms with Crippen molar-refractivity contribution in [2.24, 2.45) is 5.92 Å². The van der Waals surface area contributed by atoms with E-state index in [1.54, 1.807) is 29.3 Å². The summed E-state index contributed by atoms with van der Waals surface area (Å²) in [6.45, 7) is 7.03. The van der Waals surface area contributed by atoms with Gasteiger partial charge in [0.1, 0.15) is 17.5 Å². The second kappa shape index (κ2) is 10.7. The molecule has 7 heteroatoms. The van der Waals surface area contributed by atoms with Gasteiger partial charge in [-0.15, -0.1) is 0 Å². The molecule has 0 bridgehead atoms. The Balaban J connectivity index is 1.90. The molecule has 0 radical (unpaired) electrons. The number of allylic oxidation sites excluding steroid dienone is 1. The van der Waals surface area contributed by atoms with Crippen molar-refractivity contribution in [3.8, 4) is 5.88 Å². The van der Waals surface area contributed by atoms with E-state index in [9.17, 15) is 14.3 Å². The van der Waals surface area contributed by atoms with Gasteiger partial charge in [0.2, 0.25) is 5.88 Å². The first-order chi connectivity index (χ1) is 15.3. The van der Waals surface area contributed by atoms with Gasteiger partial charge in [0.15, 0.2) is 0 Å². The number of fused-ring (bicyclic) bond motifs is 1. The number of nitrogens with zero attached hydrogens (tertiary/aromatic N) is 3. The Bertz CT molecular complexity index is 965. The molecule has 1 aromatic carbocycles. The van der Waals surface area contributed by atoms with E-state index in [2.05, 4.69) is 4.98 Å². The van der Waals surface area contributed by atoms with Crippen molar-refractivity contribution < 1.29 is 19.0 Å². The minimum absolute atomic E-state index is 0.0267. The first-order valence-corrected chi connectivity index (χ1v) is 11.0. The molecule has 0 saturated heterocycles. The van der Waals surface area contributed by atoms with E-state index in [4.69, 9.17) is 4.74 Å². The number of carbonyl (C=O) groups is 1. The molecule has 0 fully saturated rings. The number of carbonyl (C=O) groups excluding carboxylic acids is 1. The molecule has 2 heterocycles. The summed E-state index contributed by atoms with van der Waals surface area (Å²) in [5.41, 5.74) is 1.81. The van der Waals surface area contributed by atoms with Crippen molar-refractivity contribution in [1.82, 2.24) is 14.8 Å². The minimum atomic E-state index is -0.335. The highest BCUT2D eigenvalue weighted by Crippen LogP contribution is 2.28. The lowest BCUT2D eigenvalue weighted by Crippen LogP contribution is -2.49. The Morgan fingerprint density at radius 3 is 2.84 bits per heavy atom. The van der Waals surface area contributed by atoms with Gasteiger partial charge >= 0.3 is 0 Å². The van der Waals surface area contributed by atoms with E-state index in [-0.39, 0.29) is 42.3 Å². The molecule has 0 unspecified atom stereocenters. The molecule has 3 rings (SSSR count). The van der Waals surface area contributed by atoms with Crippen LogP contribution in [0.25, 0.3) is 6.08 Å². The molecule has 2 aromatic rings. The van der Waals surface area contributed by atoms with Crippen molar-refractivity contribution in [3.63, 3.8) is 0 Å². The number of benzene rings is 1. The Morgan fingerprint density at radius 2 is 2.16 bits per heavy atom. The molecule has 0 saturated carbocycles. The lowest BCUT2D eigenvalue weighted by atomic mass is 9.99. The normalized spacial score (nSPS) is 20.1. The Kier molecular flexibility index (Phi) is 7.99. The topological polar surface area (TPSA) is 65.9 Å². The predicted molar refractivity (Wildman–Crippen MR) is 123 cm³/mol. The third-order valence-corrected chi connectivity index (χ3v) is 5.79. The van der Waals surface area contributed by atoms with E-state index in [1.165, 1.54) is 6.07 Å². The van der Waals surface area contributed by atoms with Crippen LogP contribution in [0.5, 0.6) is 5.88 Å². The largest absolute Gasteiger partial charge is 0.472 e. The van der Waals surface area contributed by atoms with Crippen molar-refractivity contribution in [2.45, 2.75) is 39.5 Å². The number of pyridine rings is 1. The lowest BCUT2D eigenvalue weighted by molar-refractivity contribution is 0.0324. The van der Waals surface area contributed by atoms with Crippen molar-refractivity contribution >= 4 is 12.0 Å². The maximum Gasteiger partial charge on any atom is 0.259 e. The van der Waals surface area contributed by atoms with E-state index >= 15 is 0 Å². The summed E-state index contributed by atoms with van der Waals surface area (Å²) in [5.74, 6) is -0.177. The SMILES string of the molecule is C/C=C/c1cnc2c(c1)C(=O)N([C@@H](C)CO)C[C@H](C)[C@H](CN(C)Cc1ccccc1F)O2. The highest BCUT2D eigenvalue weighted by molar-refractivity contribution is 5.97. The maximum atomic E-state index is 14.1. The molecule has 1 N–H and O–H groups in total. The van der Waals surface area contributed by atoms with E-state index in [0.29, 0.717) is 30.8 Å². The van der Waals surface area contributed by atoms with Crippen molar-refractivity contribution in [1.29, 1.82) is 0 Å². The number of aliphatic hydroxyl groups excluding tert-OH is 1. The number of halogens is 1. The zero-order chi connectivity index (χ0) is 23.3. The Labute approximate surface area is 189 Å². The molecular formula is C25H32FN3O3. The summed E-state index contributed by atoms with van der Waals surface area (Å²) >= 11 is 0. The monoisotopic (exact) mass is 441 g/mol. The van der Waals surface area contributed by atoms with Crippen LogP contribution in [-0.2, 0) is 6.54 Å². The third kappa shape index (κ3) is 5.53. The summed E-state index contributed by atoms with van der Waals surface area (Å²) in [4.78, 5) is 21.5. The molecule has 0 spiro atoms. The second-order valence-electron chi connectivity index (χ2n) is 8.53. The highest BCUT2D eigenvalue weighted by Gasteiger charge is 2.34. The van der Waals surface area contributed by atoms with Crippen LogP contribution in [0.15, 0.2) is 42.6 Å². The van der Waals surface area contributed by atoms with Crippen molar-refractivity contribution in [3.05, 3.63) is 65.1 Å².